The Morgan fingerprint density at radius 2 is 2.21 bits per heavy atom. The molecule has 0 aromatic carbocycles. The van der Waals surface area contributed by atoms with Gasteiger partial charge in [0.05, 0.1) is 12.2 Å². The number of Topliss-reactive ketones (excluding diaryl/α,β-unsaturated/α-hetero) is 1. The van der Waals surface area contributed by atoms with Crippen LogP contribution in [0.3, 0.4) is 0 Å². The average molecular weight is 192 g/mol. The molecule has 0 spiro atoms. The molecule has 0 radical (unpaired) electrons. The molecule has 0 amide bonds. The Morgan fingerprint density at radius 3 is 2.71 bits per heavy atom. The molecule has 0 aliphatic carbocycles. The van der Waals surface area contributed by atoms with Gasteiger partial charge in [0, 0.05) is 6.42 Å². The molecule has 0 saturated carbocycles. The molecule has 1 aromatic rings. The second-order valence-electron chi connectivity index (χ2n) is 3.36. The molecule has 0 bridgehead atoms. The first-order chi connectivity index (χ1) is 6.68. The minimum atomic E-state index is -0.0724. The Morgan fingerprint density at radius 1 is 1.43 bits per heavy atom. The van der Waals surface area contributed by atoms with Crippen LogP contribution in [-0.2, 0) is 4.74 Å². The fraction of sp³-hybridized carbons (Fsp3) is 0.364. The van der Waals surface area contributed by atoms with Gasteiger partial charge in [0.2, 0.25) is 5.78 Å². The first-order valence-corrected chi connectivity index (χ1v) is 4.63. The Hall–Kier alpha value is -1.51. The summed E-state index contributed by atoms with van der Waals surface area (Å²) < 4.78 is 10.5. The van der Waals surface area contributed by atoms with Crippen molar-refractivity contribution in [1.82, 2.24) is 0 Å². The summed E-state index contributed by atoms with van der Waals surface area (Å²) in [6.45, 7) is 4.22. The highest BCUT2D eigenvalue weighted by Gasteiger charge is 2.20. The van der Waals surface area contributed by atoms with Crippen LogP contribution in [-0.4, -0.2) is 12.4 Å². The molecule has 14 heavy (non-hydrogen) atoms. The lowest BCUT2D eigenvalue weighted by Crippen LogP contribution is -2.03. The number of carbonyl (C=O) groups is 1. The van der Waals surface area contributed by atoms with Gasteiger partial charge in [-0.2, -0.15) is 0 Å². The molecular formula is C11H12O3. The number of aryl methyl sites for hydroxylation is 2. The van der Waals surface area contributed by atoms with Crippen molar-refractivity contribution in [2.24, 2.45) is 0 Å². The fourth-order valence-corrected chi connectivity index (χ4v) is 1.57. The largest absolute Gasteiger partial charge is 0.489 e. The third-order valence-electron chi connectivity index (χ3n) is 2.21. The summed E-state index contributed by atoms with van der Waals surface area (Å²) in [6.07, 6.45) is 2.64. The highest BCUT2D eigenvalue weighted by molar-refractivity contribution is 6.08. The van der Waals surface area contributed by atoms with Gasteiger partial charge in [0.25, 0.3) is 0 Å². The summed E-state index contributed by atoms with van der Waals surface area (Å²) in [6, 6.07) is 1.75. The predicted molar refractivity (Wildman–Crippen MR) is 51.2 cm³/mol. The van der Waals surface area contributed by atoms with Crippen molar-refractivity contribution < 1.29 is 13.9 Å². The second kappa shape index (κ2) is 3.33. The Bertz CT molecular complexity index is 399. The van der Waals surface area contributed by atoms with E-state index < -0.39 is 0 Å². The van der Waals surface area contributed by atoms with Gasteiger partial charge >= 0.3 is 0 Å². The smallest absolute Gasteiger partial charge is 0.230 e. The SMILES string of the molecule is Cc1cc(C(=O)C2=CCCO2)c(C)o1. The van der Waals surface area contributed by atoms with Crippen LogP contribution in [0.1, 0.15) is 28.3 Å². The summed E-state index contributed by atoms with van der Waals surface area (Å²) >= 11 is 0. The Kier molecular flexibility index (Phi) is 2.15. The minimum Gasteiger partial charge on any atom is -0.489 e. The number of allylic oxidation sites excluding steroid dienone is 1. The van der Waals surface area contributed by atoms with E-state index in [1.807, 2.05) is 13.0 Å². The molecule has 1 aliphatic rings. The van der Waals surface area contributed by atoms with Gasteiger partial charge in [-0.15, -0.1) is 0 Å². The number of hydrogen-bond donors (Lipinski definition) is 0. The van der Waals surface area contributed by atoms with E-state index in [9.17, 15) is 4.79 Å². The highest BCUT2D eigenvalue weighted by Crippen LogP contribution is 2.20. The van der Waals surface area contributed by atoms with E-state index in [1.165, 1.54) is 0 Å². The van der Waals surface area contributed by atoms with Gasteiger partial charge in [-0.1, -0.05) is 0 Å². The van der Waals surface area contributed by atoms with Gasteiger partial charge in [0.15, 0.2) is 5.76 Å². The Labute approximate surface area is 82.4 Å². The van der Waals surface area contributed by atoms with Crippen molar-refractivity contribution in [2.75, 3.05) is 6.61 Å². The monoisotopic (exact) mass is 192 g/mol. The van der Waals surface area contributed by atoms with Crippen molar-refractivity contribution >= 4 is 5.78 Å². The van der Waals surface area contributed by atoms with Gasteiger partial charge in [0.1, 0.15) is 11.5 Å². The van der Waals surface area contributed by atoms with E-state index in [4.69, 9.17) is 9.15 Å². The molecule has 0 fully saturated rings. The van der Waals surface area contributed by atoms with Crippen LogP contribution < -0.4 is 0 Å². The number of rotatable bonds is 2. The third-order valence-corrected chi connectivity index (χ3v) is 2.21. The zero-order chi connectivity index (χ0) is 10.1. The van der Waals surface area contributed by atoms with E-state index in [0.717, 1.165) is 12.2 Å². The molecule has 74 valence electrons. The van der Waals surface area contributed by atoms with Crippen LogP contribution in [0.4, 0.5) is 0 Å². The zero-order valence-corrected chi connectivity index (χ0v) is 8.29. The molecule has 1 aromatic heterocycles. The van der Waals surface area contributed by atoms with Crippen molar-refractivity contribution in [3.63, 3.8) is 0 Å². The van der Waals surface area contributed by atoms with Crippen LogP contribution in [0.5, 0.6) is 0 Å². The average Bonchev–Trinajstić information content (AvgIpc) is 2.73. The number of hydrogen-bond acceptors (Lipinski definition) is 3. The molecule has 3 nitrogen and oxygen atoms in total. The van der Waals surface area contributed by atoms with E-state index in [2.05, 4.69) is 0 Å². The number of carbonyl (C=O) groups excluding carboxylic acids is 1. The summed E-state index contributed by atoms with van der Waals surface area (Å²) in [5.41, 5.74) is 0.607. The summed E-state index contributed by atoms with van der Waals surface area (Å²) in [7, 11) is 0. The fourth-order valence-electron chi connectivity index (χ4n) is 1.57. The lowest BCUT2D eigenvalue weighted by atomic mass is 10.1. The van der Waals surface area contributed by atoms with Crippen molar-refractivity contribution in [3.8, 4) is 0 Å². The third kappa shape index (κ3) is 1.45. The van der Waals surface area contributed by atoms with E-state index in [-0.39, 0.29) is 5.78 Å². The van der Waals surface area contributed by atoms with Crippen molar-refractivity contribution in [1.29, 1.82) is 0 Å². The molecule has 1 aliphatic heterocycles. The predicted octanol–water partition coefficient (Wildman–Crippen LogP) is 2.38. The van der Waals surface area contributed by atoms with Crippen molar-refractivity contribution in [3.05, 3.63) is 35.0 Å². The van der Waals surface area contributed by atoms with Crippen molar-refractivity contribution in [2.45, 2.75) is 20.3 Å². The molecule has 2 heterocycles. The standard InChI is InChI=1S/C11H12O3/c1-7-6-9(8(2)14-7)11(12)10-4-3-5-13-10/h4,6H,3,5H2,1-2H3. The molecular weight excluding hydrogens is 180 g/mol. The van der Waals surface area contributed by atoms with Crippen LogP contribution in [0.15, 0.2) is 22.3 Å². The summed E-state index contributed by atoms with van der Waals surface area (Å²) in [5, 5.41) is 0. The second-order valence-corrected chi connectivity index (χ2v) is 3.36. The Balaban J connectivity index is 2.30. The van der Waals surface area contributed by atoms with E-state index >= 15 is 0 Å². The van der Waals surface area contributed by atoms with Crippen LogP contribution >= 0.6 is 0 Å². The normalized spacial score (nSPS) is 15.1. The van der Waals surface area contributed by atoms with Crippen LogP contribution in [0.2, 0.25) is 0 Å². The lowest BCUT2D eigenvalue weighted by Gasteiger charge is -2.00. The van der Waals surface area contributed by atoms with E-state index in [1.54, 1.807) is 13.0 Å². The topological polar surface area (TPSA) is 39.4 Å². The first kappa shape index (κ1) is 9.06. The highest BCUT2D eigenvalue weighted by atomic mass is 16.5. The van der Waals surface area contributed by atoms with E-state index in [0.29, 0.717) is 23.7 Å². The molecule has 2 rings (SSSR count). The first-order valence-electron chi connectivity index (χ1n) is 4.63. The maximum atomic E-state index is 11.8. The van der Waals surface area contributed by atoms with Crippen LogP contribution in [0, 0.1) is 13.8 Å². The number of ketones is 1. The molecule has 0 saturated heterocycles. The molecule has 0 atom stereocenters. The molecule has 0 N–H and O–H groups in total. The number of furan rings is 1. The minimum absolute atomic E-state index is 0.0724. The maximum absolute atomic E-state index is 11.8. The summed E-state index contributed by atoms with van der Waals surface area (Å²) in [4.78, 5) is 11.8. The molecule has 3 heteroatoms. The van der Waals surface area contributed by atoms with Gasteiger partial charge in [-0.3, -0.25) is 4.79 Å². The quantitative estimate of drug-likeness (QED) is 0.675. The maximum Gasteiger partial charge on any atom is 0.230 e. The summed E-state index contributed by atoms with van der Waals surface area (Å²) in [5.74, 6) is 1.79. The van der Waals surface area contributed by atoms with Gasteiger partial charge in [-0.05, 0) is 26.0 Å². The lowest BCUT2D eigenvalue weighted by molar-refractivity contribution is 0.0941. The zero-order valence-electron chi connectivity index (χ0n) is 8.29. The van der Waals surface area contributed by atoms with Crippen LogP contribution in [0.25, 0.3) is 0 Å². The molecule has 0 unspecified atom stereocenters. The van der Waals surface area contributed by atoms with Gasteiger partial charge < -0.3 is 9.15 Å². The van der Waals surface area contributed by atoms with Gasteiger partial charge in [-0.25, -0.2) is 0 Å². The number of ether oxygens (including phenoxy) is 1.